The van der Waals surface area contributed by atoms with Crippen molar-refractivity contribution >= 4 is 29.9 Å². The molecule has 2 fully saturated rings. The average molecular weight is 352 g/mol. The number of rotatable bonds is 4. The Morgan fingerprint density at radius 3 is 2.38 bits per heavy atom. The fraction of sp³-hybridized carbons (Fsp3) is 0.556. The number of benzene rings is 1. The van der Waals surface area contributed by atoms with E-state index >= 15 is 0 Å². The van der Waals surface area contributed by atoms with Gasteiger partial charge in [-0.1, -0.05) is 13.8 Å². The van der Waals surface area contributed by atoms with Crippen molar-refractivity contribution in [1.29, 1.82) is 0 Å². The van der Waals surface area contributed by atoms with Crippen LogP contribution in [0.1, 0.15) is 37.0 Å². The van der Waals surface area contributed by atoms with Crippen molar-refractivity contribution in [3.8, 4) is 0 Å². The molecule has 3 rings (SSSR count). The predicted molar refractivity (Wildman–Crippen MR) is 97.5 cm³/mol. The van der Waals surface area contributed by atoms with E-state index in [0.29, 0.717) is 17.4 Å². The van der Waals surface area contributed by atoms with Crippen molar-refractivity contribution in [3.05, 3.63) is 29.8 Å². The lowest BCUT2D eigenvalue weighted by molar-refractivity contribution is -0.117. The third-order valence-corrected chi connectivity index (χ3v) is 4.96. The highest BCUT2D eigenvalue weighted by Gasteiger charge is 2.39. The van der Waals surface area contributed by atoms with E-state index in [2.05, 4.69) is 29.8 Å². The molecule has 1 aromatic carbocycles. The highest BCUT2D eigenvalue weighted by atomic mass is 35.5. The van der Waals surface area contributed by atoms with Gasteiger partial charge in [-0.05, 0) is 62.0 Å². The lowest BCUT2D eigenvalue weighted by Crippen LogP contribution is -2.48. The van der Waals surface area contributed by atoms with Gasteiger partial charge in [0.25, 0.3) is 5.91 Å². The van der Waals surface area contributed by atoms with Gasteiger partial charge in [-0.15, -0.1) is 12.4 Å². The minimum absolute atomic E-state index is 0. The molecule has 4 atom stereocenters. The van der Waals surface area contributed by atoms with Gasteiger partial charge in [0.15, 0.2) is 0 Å². The highest BCUT2D eigenvalue weighted by Crippen LogP contribution is 2.38. The van der Waals surface area contributed by atoms with Crippen molar-refractivity contribution in [1.82, 2.24) is 10.6 Å². The zero-order valence-corrected chi connectivity index (χ0v) is 15.0. The summed E-state index contributed by atoms with van der Waals surface area (Å²) in [6.45, 7) is 6.11. The van der Waals surface area contributed by atoms with Crippen molar-refractivity contribution in [3.63, 3.8) is 0 Å². The Morgan fingerprint density at radius 2 is 1.79 bits per heavy atom. The fourth-order valence-corrected chi connectivity index (χ4v) is 3.11. The molecular weight excluding hydrogens is 326 g/mol. The van der Waals surface area contributed by atoms with E-state index in [1.807, 2.05) is 0 Å². The lowest BCUT2D eigenvalue weighted by Gasteiger charge is -2.30. The molecule has 4 unspecified atom stereocenters. The van der Waals surface area contributed by atoms with Gasteiger partial charge in [0.05, 0.1) is 0 Å². The summed E-state index contributed by atoms with van der Waals surface area (Å²) < 4.78 is 0. The number of nitrogens with one attached hydrogen (secondary N) is 3. The molecule has 6 heteroatoms. The summed E-state index contributed by atoms with van der Waals surface area (Å²) in [5.41, 5.74) is 1.38. The number of halogens is 1. The van der Waals surface area contributed by atoms with Crippen LogP contribution in [0.3, 0.4) is 0 Å². The molecular formula is C18H26ClN3O2. The Hall–Kier alpha value is -1.59. The molecule has 2 amide bonds. The lowest BCUT2D eigenvalue weighted by atomic mass is 9.95. The molecule has 0 aromatic heterocycles. The number of anilines is 1. The molecule has 0 spiro atoms. The quantitative estimate of drug-likeness (QED) is 0.780. The summed E-state index contributed by atoms with van der Waals surface area (Å²) in [7, 11) is 0. The Labute approximate surface area is 149 Å². The maximum absolute atomic E-state index is 12.3. The van der Waals surface area contributed by atoms with Crippen LogP contribution in [0.4, 0.5) is 5.69 Å². The fourth-order valence-electron chi connectivity index (χ4n) is 3.11. The van der Waals surface area contributed by atoms with E-state index < -0.39 is 0 Å². The van der Waals surface area contributed by atoms with Gasteiger partial charge in [-0.2, -0.15) is 0 Å². The Kier molecular flexibility index (Phi) is 6.24. The molecule has 0 bridgehead atoms. The predicted octanol–water partition coefficient (Wildman–Crippen LogP) is 2.43. The molecule has 0 radical (unpaired) electrons. The van der Waals surface area contributed by atoms with E-state index in [1.165, 1.54) is 0 Å². The maximum atomic E-state index is 12.3. The minimum atomic E-state index is -0.0440. The van der Waals surface area contributed by atoms with Crippen molar-refractivity contribution < 1.29 is 9.59 Å². The van der Waals surface area contributed by atoms with Crippen molar-refractivity contribution in [2.24, 2.45) is 17.8 Å². The largest absolute Gasteiger partial charge is 0.349 e. The van der Waals surface area contributed by atoms with E-state index in [0.717, 1.165) is 31.6 Å². The van der Waals surface area contributed by atoms with E-state index in [-0.39, 0.29) is 36.2 Å². The first kappa shape index (κ1) is 18.7. The maximum Gasteiger partial charge on any atom is 0.251 e. The Bertz CT molecular complexity index is 590. The summed E-state index contributed by atoms with van der Waals surface area (Å²) in [4.78, 5) is 24.2. The SMILES string of the molecule is CC1CNCCC1NC(=O)c1ccc(NC(=O)C2CC2C)cc1.Cl. The number of hydrogen-bond acceptors (Lipinski definition) is 3. The number of amides is 2. The van der Waals surface area contributed by atoms with E-state index in [4.69, 9.17) is 0 Å². The second-order valence-electron chi connectivity index (χ2n) is 6.94. The third kappa shape index (κ3) is 4.48. The van der Waals surface area contributed by atoms with Crippen LogP contribution in [0.15, 0.2) is 24.3 Å². The van der Waals surface area contributed by atoms with Gasteiger partial charge in [0.1, 0.15) is 0 Å². The zero-order chi connectivity index (χ0) is 16.4. The molecule has 1 aliphatic carbocycles. The molecule has 24 heavy (non-hydrogen) atoms. The third-order valence-electron chi connectivity index (χ3n) is 4.96. The number of piperidine rings is 1. The summed E-state index contributed by atoms with van der Waals surface area (Å²) >= 11 is 0. The average Bonchev–Trinajstić information content (AvgIpc) is 3.27. The molecule has 2 aliphatic rings. The van der Waals surface area contributed by atoms with Gasteiger partial charge < -0.3 is 16.0 Å². The van der Waals surface area contributed by atoms with E-state index in [9.17, 15) is 9.59 Å². The first-order chi connectivity index (χ1) is 11.0. The van der Waals surface area contributed by atoms with Gasteiger partial charge >= 0.3 is 0 Å². The first-order valence-electron chi connectivity index (χ1n) is 8.47. The van der Waals surface area contributed by atoms with Gasteiger partial charge in [-0.3, -0.25) is 9.59 Å². The van der Waals surface area contributed by atoms with Crippen LogP contribution in [0.25, 0.3) is 0 Å². The summed E-state index contributed by atoms with van der Waals surface area (Å²) in [5.74, 6) is 1.12. The molecule has 1 heterocycles. The van der Waals surface area contributed by atoms with Gasteiger partial charge in [-0.25, -0.2) is 0 Å². The van der Waals surface area contributed by atoms with Crippen molar-refractivity contribution in [2.45, 2.75) is 32.7 Å². The first-order valence-corrected chi connectivity index (χ1v) is 8.47. The molecule has 1 aromatic rings. The molecule has 132 valence electrons. The number of carbonyl (C=O) groups excluding carboxylic acids is 2. The molecule has 3 N–H and O–H groups in total. The van der Waals surface area contributed by atoms with Crippen LogP contribution in [-0.2, 0) is 4.79 Å². The van der Waals surface area contributed by atoms with Crippen LogP contribution in [-0.4, -0.2) is 30.9 Å². The summed E-state index contributed by atoms with van der Waals surface area (Å²) in [5, 5.41) is 9.35. The van der Waals surface area contributed by atoms with Crippen LogP contribution < -0.4 is 16.0 Å². The van der Waals surface area contributed by atoms with Crippen LogP contribution in [0.2, 0.25) is 0 Å². The highest BCUT2D eigenvalue weighted by molar-refractivity contribution is 5.97. The molecule has 5 nitrogen and oxygen atoms in total. The second-order valence-corrected chi connectivity index (χ2v) is 6.94. The second kappa shape index (κ2) is 7.99. The minimum Gasteiger partial charge on any atom is -0.349 e. The van der Waals surface area contributed by atoms with Gasteiger partial charge in [0, 0.05) is 23.2 Å². The normalized spacial score (nSPS) is 28.4. The van der Waals surface area contributed by atoms with Crippen LogP contribution in [0, 0.1) is 17.8 Å². The van der Waals surface area contributed by atoms with Crippen LogP contribution >= 0.6 is 12.4 Å². The number of hydrogen-bond donors (Lipinski definition) is 3. The standard InChI is InChI=1S/C18H25N3O2.ClH/c1-11-9-15(11)18(23)20-14-5-3-13(4-6-14)17(22)21-16-7-8-19-10-12(16)2;/h3-6,11-12,15-16,19H,7-10H2,1-2H3,(H,20,23)(H,21,22);1H. The van der Waals surface area contributed by atoms with E-state index in [1.54, 1.807) is 24.3 Å². The molecule has 1 saturated heterocycles. The molecule has 1 saturated carbocycles. The summed E-state index contributed by atoms with van der Waals surface area (Å²) in [6, 6.07) is 7.36. The molecule has 1 aliphatic heterocycles. The number of carbonyl (C=O) groups is 2. The zero-order valence-electron chi connectivity index (χ0n) is 14.2. The topological polar surface area (TPSA) is 70.2 Å². The van der Waals surface area contributed by atoms with Crippen LogP contribution in [0.5, 0.6) is 0 Å². The Balaban J connectivity index is 0.00000208. The van der Waals surface area contributed by atoms with Crippen molar-refractivity contribution in [2.75, 3.05) is 18.4 Å². The monoisotopic (exact) mass is 351 g/mol. The Morgan fingerprint density at radius 1 is 1.12 bits per heavy atom. The smallest absolute Gasteiger partial charge is 0.251 e. The van der Waals surface area contributed by atoms with Gasteiger partial charge in [0.2, 0.25) is 5.91 Å². The summed E-state index contributed by atoms with van der Waals surface area (Å²) in [6.07, 6.45) is 1.93.